The Bertz CT molecular complexity index is 613. The highest BCUT2D eigenvalue weighted by molar-refractivity contribution is 7.86. The van der Waals surface area contributed by atoms with Crippen molar-refractivity contribution in [2.24, 2.45) is 0 Å². The molecule has 1 fully saturated rings. The van der Waals surface area contributed by atoms with Gasteiger partial charge in [0, 0.05) is 34.3 Å². The van der Waals surface area contributed by atoms with E-state index in [1.165, 1.54) is 22.7 Å². The quantitative estimate of drug-likeness (QED) is 0.774. The summed E-state index contributed by atoms with van der Waals surface area (Å²) in [6, 6.07) is 1.92. The van der Waals surface area contributed by atoms with Crippen LogP contribution in [0.3, 0.4) is 0 Å². The zero-order chi connectivity index (χ0) is 16.3. The molecule has 1 atom stereocenters. The first-order chi connectivity index (χ1) is 10.3. The van der Waals surface area contributed by atoms with Crippen LogP contribution in [0.15, 0.2) is 6.07 Å². The van der Waals surface area contributed by atoms with Crippen molar-refractivity contribution in [3.8, 4) is 0 Å². The van der Waals surface area contributed by atoms with Crippen LogP contribution in [-0.4, -0.2) is 61.7 Å². The van der Waals surface area contributed by atoms with Crippen LogP contribution in [0.5, 0.6) is 0 Å². The van der Waals surface area contributed by atoms with E-state index in [4.69, 9.17) is 0 Å². The summed E-state index contributed by atoms with van der Waals surface area (Å²) in [5.41, 5.74) is 0.677. The summed E-state index contributed by atoms with van der Waals surface area (Å²) in [7, 11) is 2.90. The minimum absolute atomic E-state index is 0.141. The number of rotatable bonds is 6. The molecule has 124 valence electrons. The molecule has 0 aromatic carbocycles. The van der Waals surface area contributed by atoms with Crippen molar-refractivity contribution in [2.75, 3.05) is 40.1 Å². The smallest absolute Gasteiger partial charge is 0.281 e. The first-order valence-electron chi connectivity index (χ1n) is 7.27. The highest BCUT2D eigenvalue weighted by Gasteiger charge is 2.23. The van der Waals surface area contributed by atoms with Crippen molar-refractivity contribution < 1.29 is 8.42 Å². The molecule has 2 N–H and O–H groups in total. The molecule has 1 saturated heterocycles. The molecule has 8 nitrogen and oxygen atoms in total. The molecular weight excluding hydrogens is 304 g/mol. The van der Waals surface area contributed by atoms with Gasteiger partial charge in [-0.2, -0.15) is 17.0 Å². The van der Waals surface area contributed by atoms with Crippen molar-refractivity contribution in [3.05, 3.63) is 17.6 Å². The van der Waals surface area contributed by atoms with Crippen molar-refractivity contribution in [1.29, 1.82) is 0 Å². The summed E-state index contributed by atoms with van der Waals surface area (Å²) in [5, 5.41) is 6.37. The number of aromatic nitrogens is 2. The number of anilines is 1. The lowest BCUT2D eigenvalue weighted by atomic mass is 10.2. The summed E-state index contributed by atoms with van der Waals surface area (Å²) in [6.07, 6.45) is 2.10. The third kappa shape index (κ3) is 3.72. The summed E-state index contributed by atoms with van der Waals surface area (Å²) in [5.74, 6) is 1.42. The Kier molecular flexibility index (Phi) is 5.32. The molecule has 0 saturated carbocycles. The predicted octanol–water partition coefficient (Wildman–Crippen LogP) is 0.181. The van der Waals surface area contributed by atoms with Crippen LogP contribution in [0.4, 0.5) is 5.82 Å². The van der Waals surface area contributed by atoms with Crippen LogP contribution in [0.2, 0.25) is 0 Å². The van der Waals surface area contributed by atoms with Gasteiger partial charge in [-0.25, -0.2) is 9.97 Å². The molecule has 1 aliphatic rings. The van der Waals surface area contributed by atoms with Crippen LogP contribution >= 0.6 is 0 Å². The Morgan fingerprint density at radius 2 is 2.09 bits per heavy atom. The first kappa shape index (κ1) is 17.1. The topological polar surface area (TPSA) is 90.5 Å². The maximum Gasteiger partial charge on any atom is 0.281 e. The zero-order valence-corrected chi connectivity index (χ0v) is 14.3. The SMILES string of the molecule is CNc1cc(CN(C)S(=O)(=O)N(C)C)nc([C@H]2CCCN2)n1. The third-order valence-electron chi connectivity index (χ3n) is 3.66. The lowest BCUT2D eigenvalue weighted by Gasteiger charge is -2.21. The Labute approximate surface area is 132 Å². The standard InChI is InChI=1S/C13H24N6O2S/c1-14-12-8-10(9-19(4)22(20,21)18(2)3)16-13(17-12)11-6-5-7-15-11/h8,11,15H,5-7,9H2,1-4H3,(H,14,16,17)/t11-/m1/s1. The van der Waals surface area contributed by atoms with Crippen molar-refractivity contribution in [3.63, 3.8) is 0 Å². The molecule has 22 heavy (non-hydrogen) atoms. The number of nitrogens with one attached hydrogen (secondary N) is 2. The van der Waals surface area contributed by atoms with Gasteiger partial charge in [-0.15, -0.1) is 0 Å². The second-order valence-corrected chi connectivity index (χ2v) is 7.80. The van der Waals surface area contributed by atoms with Gasteiger partial charge in [-0.3, -0.25) is 0 Å². The molecule has 0 radical (unpaired) electrons. The second kappa shape index (κ2) is 6.86. The molecule has 0 aliphatic carbocycles. The summed E-state index contributed by atoms with van der Waals surface area (Å²) in [4.78, 5) is 9.01. The number of nitrogens with zero attached hydrogens (tertiary/aromatic N) is 4. The number of hydrogen-bond acceptors (Lipinski definition) is 6. The van der Waals surface area contributed by atoms with Gasteiger partial charge in [0.1, 0.15) is 11.6 Å². The van der Waals surface area contributed by atoms with E-state index in [2.05, 4.69) is 20.6 Å². The van der Waals surface area contributed by atoms with Crippen LogP contribution in [0.25, 0.3) is 0 Å². The second-order valence-electron chi connectivity index (χ2n) is 5.55. The Hall–Kier alpha value is -1.29. The molecule has 1 aliphatic heterocycles. The van der Waals surface area contributed by atoms with Crippen LogP contribution in [0, 0.1) is 0 Å². The normalized spacial score (nSPS) is 19.1. The van der Waals surface area contributed by atoms with Crippen LogP contribution in [0.1, 0.15) is 30.4 Å². The average Bonchev–Trinajstić information content (AvgIpc) is 3.00. The Balaban J connectivity index is 2.25. The van der Waals surface area contributed by atoms with Gasteiger partial charge in [-0.1, -0.05) is 0 Å². The largest absolute Gasteiger partial charge is 0.373 e. The third-order valence-corrected chi connectivity index (χ3v) is 5.50. The summed E-state index contributed by atoms with van der Waals surface area (Å²) in [6.45, 7) is 1.17. The zero-order valence-electron chi connectivity index (χ0n) is 13.5. The number of hydrogen-bond donors (Lipinski definition) is 2. The van der Waals surface area contributed by atoms with Crippen molar-refractivity contribution in [2.45, 2.75) is 25.4 Å². The highest BCUT2D eigenvalue weighted by atomic mass is 32.2. The lowest BCUT2D eigenvalue weighted by molar-refractivity contribution is 0.410. The lowest BCUT2D eigenvalue weighted by Crippen LogP contribution is -2.37. The van der Waals surface area contributed by atoms with E-state index in [-0.39, 0.29) is 12.6 Å². The molecule has 2 heterocycles. The summed E-state index contributed by atoms with van der Waals surface area (Å²) < 4.78 is 26.7. The molecule has 0 bridgehead atoms. The minimum Gasteiger partial charge on any atom is -0.373 e. The van der Waals surface area contributed by atoms with Gasteiger partial charge < -0.3 is 10.6 Å². The molecule has 9 heteroatoms. The van der Waals surface area contributed by atoms with E-state index in [9.17, 15) is 8.42 Å². The predicted molar refractivity (Wildman–Crippen MR) is 85.6 cm³/mol. The van der Waals surface area contributed by atoms with Crippen molar-refractivity contribution >= 4 is 16.0 Å². The average molecular weight is 328 g/mol. The molecule has 0 unspecified atom stereocenters. The molecule has 1 aromatic rings. The van der Waals surface area contributed by atoms with Gasteiger partial charge >= 0.3 is 0 Å². The van der Waals surface area contributed by atoms with Gasteiger partial charge in [0.2, 0.25) is 0 Å². The molecular formula is C13H24N6O2S. The fourth-order valence-corrected chi connectivity index (χ4v) is 3.23. The minimum atomic E-state index is -3.46. The van der Waals surface area contributed by atoms with E-state index in [0.717, 1.165) is 25.2 Å². The maximum atomic E-state index is 12.1. The Morgan fingerprint density at radius 3 is 2.64 bits per heavy atom. The van der Waals surface area contributed by atoms with E-state index >= 15 is 0 Å². The molecule has 1 aromatic heterocycles. The van der Waals surface area contributed by atoms with Crippen molar-refractivity contribution in [1.82, 2.24) is 23.9 Å². The fraction of sp³-hybridized carbons (Fsp3) is 0.692. The van der Waals surface area contributed by atoms with Gasteiger partial charge in [0.15, 0.2) is 0 Å². The fourth-order valence-electron chi connectivity index (χ4n) is 2.38. The molecule has 2 rings (SSSR count). The molecule has 0 amide bonds. The monoisotopic (exact) mass is 328 g/mol. The maximum absolute atomic E-state index is 12.1. The van der Waals surface area contributed by atoms with Crippen LogP contribution in [-0.2, 0) is 16.8 Å². The van der Waals surface area contributed by atoms with E-state index in [1.807, 2.05) is 0 Å². The van der Waals surface area contributed by atoms with E-state index in [0.29, 0.717) is 11.5 Å². The van der Waals surface area contributed by atoms with Gasteiger partial charge in [0.05, 0.1) is 18.3 Å². The Morgan fingerprint density at radius 1 is 1.36 bits per heavy atom. The van der Waals surface area contributed by atoms with E-state index < -0.39 is 10.2 Å². The van der Waals surface area contributed by atoms with Gasteiger partial charge in [-0.05, 0) is 19.4 Å². The summed E-state index contributed by atoms with van der Waals surface area (Å²) >= 11 is 0. The molecule has 0 spiro atoms. The first-order valence-corrected chi connectivity index (χ1v) is 8.67. The van der Waals surface area contributed by atoms with E-state index in [1.54, 1.807) is 20.2 Å². The van der Waals surface area contributed by atoms with Gasteiger partial charge in [0.25, 0.3) is 10.2 Å². The van der Waals surface area contributed by atoms with Crippen LogP contribution < -0.4 is 10.6 Å². The highest BCUT2D eigenvalue weighted by Crippen LogP contribution is 2.22.